The normalized spacial score (nSPS) is 21.1. The van der Waals surface area contributed by atoms with E-state index in [1.807, 2.05) is 38.1 Å². The second kappa shape index (κ2) is 10.3. The van der Waals surface area contributed by atoms with Crippen LogP contribution in [0.5, 0.6) is 5.75 Å². The molecule has 9 nitrogen and oxygen atoms in total. The van der Waals surface area contributed by atoms with Gasteiger partial charge in [0.1, 0.15) is 29.8 Å². The van der Waals surface area contributed by atoms with Gasteiger partial charge in [0.05, 0.1) is 5.69 Å². The van der Waals surface area contributed by atoms with Crippen molar-refractivity contribution >= 4 is 23.4 Å². The fourth-order valence-corrected chi connectivity index (χ4v) is 5.61. The number of phenolic OH excluding ortho intramolecular Hbond substituents is 1. The lowest BCUT2D eigenvalue weighted by molar-refractivity contribution is -0.158. The van der Waals surface area contributed by atoms with Crippen molar-refractivity contribution < 1.29 is 23.9 Å². The number of carbonyl (C=O) groups is 3. The number of anilines is 1. The first-order valence-corrected chi connectivity index (χ1v) is 13.0. The summed E-state index contributed by atoms with van der Waals surface area (Å²) in [6.07, 6.45) is 3.28. The Morgan fingerprint density at radius 3 is 2.42 bits per heavy atom. The Morgan fingerprint density at radius 1 is 1.16 bits per heavy atom. The quantitative estimate of drug-likeness (QED) is 0.413. The minimum atomic E-state index is -1.24. The number of oxazole rings is 1. The molecule has 5 rings (SSSR count). The highest BCUT2D eigenvalue weighted by Crippen LogP contribution is 2.36. The number of hydrogen-bond acceptors (Lipinski definition) is 6. The number of hydrogen-bond donors (Lipinski definition) is 3. The van der Waals surface area contributed by atoms with Gasteiger partial charge in [0, 0.05) is 6.92 Å². The van der Waals surface area contributed by atoms with E-state index in [4.69, 9.17) is 4.42 Å². The Morgan fingerprint density at radius 2 is 1.82 bits per heavy atom. The van der Waals surface area contributed by atoms with Crippen LogP contribution in [0.3, 0.4) is 0 Å². The maximum atomic E-state index is 14.3. The van der Waals surface area contributed by atoms with Crippen LogP contribution in [0, 0.1) is 18.8 Å². The number of aromatic nitrogens is 1. The van der Waals surface area contributed by atoms with Crippen molar-refractivity contribution in [2.45, 2.75) is 58.2 Å². The van der Waals surface area contributed by atoms with Crippen LogP contribution < -0.4 is 10.6 Å². The molecule has 1 aromatic heterocycles. The average molecular weight is 517 g/mol. The zero-order valence-electron chi connectivity index (χ0n) is 21.7. The van der Waals surface area contributed by atoms with Crippen molar-refractivity contribution in [2.24, 2.45) is 11.8 Å². The minimum Gasteiger partial charge on any atom is -0.506 e. The maximum Gasteiger partial charge on any atom is 0.253 e. The fourth-order valence-electron chi connectivity index (χ4n) is 5.61. The number of aryl methyl sites for hydroxylation is 1. The number of para-hydroxylation sites is 2. The van der Waals surface area contributed by atoms with E-state index in [2.05, 4.69) is 15.6 Å². The van der Waals surface area contributed by atoms with Crippen molar-refractivity contribution in [3.05, 3.63) is 77.5 Å². The third-order valence-corrected chi connectivity index (χ3v) is 7.73. The largest absolute Gasteiger partial charge is 0.506 e. The second-order valence-corrected chi connectivity index (χ2v) is 10.2. The molecule has 0 radical (unpaired) electrons. The first-order valence-electron chi connectivity index (χ1n) is 13.0. The van der Waals surface area contributed by atoms with Gasteiger partial charge in [0.25, 0.3) is 5.91 Å². The number of nitrogens with one attached hydrogen (secondary N) is 2. The lowest BCUT2D eigenvalue weighted by atomic mass is 9.86. The fraction of sp³-hybridized carbons (Fsp3) is 0.379. The molecule has 1 saturated heterocycles. The van der Waals surface area contributed by atoms with Crippen LogP contribution in [0.25, 0.3) is 0 Å². The van der Waals surface area contributed by atoms with Gasteiger partial charge >= 0.3 is 0 Å². The molecule has 0 bridgehead atoms. The van der Waals surface area contributed by atoms with Gasteiger partial charge in [-0.05, 0) is 47.9 Å². The summed E-state index contributed by atoms with van der Waals surface area (Å²) in [5.74, 6) is -1.36. The van der Waals surface area contributed by atoms with Gasteiger partial charge in [-0.1, -0.05) is 56.7 Å². The smallest absolute Gasteiger partial charge is 0.253 e. The highest BCUT2D eigenvalue weighted by Gasteiger charge is 2.51. The van der Waals surface area contributed by atoms with Crippen molar-refractivity contribution in [1.82, 2.24) is 15.2 Å². The summed E-state index contributed by atoms with van der Waals surface area (Å²) in [7, 11) is 0. The van der Waals surface area contributed by atoms with Crippen molar-refractivity contribution in [1.29, 1.82) is 0 Å². The Hall–Kier alpha value is -4.14. The molecule has 3 N–H and O–H groups in total. The van der Waals surface area contributed by atoms with Crippen LogP contribution in [0.15, 0.2) is 59.2 Å². The van der Waals surface area contributed by atoms with Crippen LogP contribution in [-0.2, 0) is 27.2 Å². The molecule has 0 saturated carbocycles. The zero-order chi connectivity index (χ0) is 27.0. The Kier molecular flexibility index (Phi) is 6.93. The van der Waals surface area contributed by atoms with Crippen LogP contribution in [0.2, 0.25) is 0 Å². The summed E-state index contributed by atoms with van der Waals surface area (Å²) >= 11 is 0. The molecule has 4 atom stereocenters. The number of carbonyl (C=O) groups excluding carboxylic acids is 3. The first kappa shape index (κ1) is 25.5. The summed E-state index contributed by atoms with van der Waals surface area (Å²) in [6.45, 7) is 5.48. The Balaban J connectivity index is 1.55. The van der Waals surface area contributed by atoms with Gasteiger partial charge in [-0.3, -0.25) is 14.4 Å². The molecule has 9 heteroatoms. The van der Waals surface area contributed by atoms with E-state index in [1.54, 1.807) is 25.1 Å². The molecule has 2 aliphatic rings. The number of nitrogens with zero attached hydrogens (tertiary/aromatic N) is 2. The lowest BCUT2D eigenvalue weighted by Gasteiger charge is -2.45. The van der Waals surface area contributed by atoms with Gasteiger partial charge < -0.3 is 25.1 Å². The summed E-state index contributed by atoms with van der Waals surface area (Å²) in [5.41, 5.74) is 2.74. The third-order valence-electron chi connectivity index (χ3n) is 7.73. The van der Waals surface area contributed by atoms with Crippen LogP contribution >= 0.6 is 0 Å². The summed E-state index contributed by atoms with van der Waals surface area (Å²) in [5, 5.41) is 16.0. The average Bonchev–Trinajstić information content (AvgIpc) is 3.53. The number of rotatable bonds is 7. The molecule has 0 spiro atoms. The monoisotopic (exact) mass is 516 g/mol. The van der Waals surface area contributed by atoms with E-state index in [0.717, 1.165) is 11.1 Å². The van der Waals surface area contributed by atoms with Crippen molar-refractivity contribution in [3.8, 4) is 5.75 Å². The molecule has 198 valence electrons. The van der Waals surface area contributed by atoms with E-state index in [0.29, 0.717) is 25.2 Å². The molecular weight excluding hydrogens is 484 g/mol. The molecule has 3 aromatic rings. The molecule has 1 aliphatic heterocycles. The topological polar surface area (TPSA) is 125 Å². The Labute approximate surface area is 221 Å². The molecule has 38 heavy (non-hydrogen) atoms. The van der Waals surface area contributed by atoms with Gasteiger partial charge in [0.2, 0.25) is 11.8 Å². The van der Waals surface area contributed by atoms with Gasteiger partial charge in [-0.25, -0.2) is 4.98 Å². The van der Waals surface area contributed by atoms with E-state index in [1.165, 1.54) is 17.2 Å². The number of phenols is 1. The van der Waals surface area contributed by atoms with E-state index in [9.17, 15) is 19.5 Å². The lowest BCUT2D eigenvalue weighted by Crippen LogP contribution is -2.68. The standard InChI is InChI=1S/C29H32N4O5/c1-4-16(2)25-27(35)32-24(20-13-18-9-5-6-10-19(18)14-20)29(37)33(25)26(22-15-38-17(3)30-22)28(36)31-21-11-7-8-12-23(21)34/h5-12,15-16,20,24-26,34H,4,13-14H2,1-3H3,(H,31,36)(H,32,35)/t16-,24+,25+,26+/m0/s1. The van der Waals surface area contributed by atoms with E-state index in [-0.39, 0.29) is 40.8 Å². The highest BCUT2D eigenvalue weighted by molar-refractivity contribution is 6.03. The third kappa shape index (κ3) is 4.64. The molecule has 0 unspecified atom stereocenters. The predicted octanol–water partition coefficient (Wildman–Crippen LogP) is 3.53. The maximum absolute atomic E-state index is 14.3. The number of aromatic hydroxyl groups is 1. The molecule has 2 heterocycles. The van der Waals surface area contributed by atoms with Gasteiger partial charge in [-0.2, -0.15) is 0 Å². The molecule has 1 fully saturated rings. The number of piperazine rings is 1. The van der Waals surface area contributed by atoms with E-state index >= 15 is 0 Å². The van der Waals surface area contributed by atoms with Gasteiger partial charge in [-0.15, -0.1) is 0 Å². The molecular formula is C29H32N4O5. The summed E-state index contributed by atoms with van der Waals surface area (Å²) in [4.78, 5) is 47.6. The molecule has 1 aliphatic carbocycles. The zero-order valence-corrected chi connectivity index (χ0v) is 21.7. The number of benzene rings is 2. The summed E-state index contributed by atoms with van der Waals surface area (Å²) in [6, 6.07) is 11.5. The summed E-state index contributed by atoms with van der Waals surface area (Å²) < 4.78 is 5.43. The van der Waals surface area contributed by atoms with Crippen LogP contribution in [0.1, 0.15) is 49.0 Å². The van der Waals surface area contributed by atoms with Crippen molar-refractivity contribution in [2.75, 3.05) is 5.32 Å². The first-order chi connectivity index (χ1) is 18.3. The predicted molar refractivity (Wildman–Crippen MR) is 140 cm³/mol. The highest BCUT2D eigenvalue weighted by atomic mass is 16.3. The van der Waals surface area contributed by atoms with Crippen LogP contribution in [-0.4, -0.2) is 44.8 Å². The second-order valence-electron chi connectivity index (χ2n) is 10.2. The number of fused-ring (bicyclic) bond motifs is 1. The SMILES string of the molecule is CC[C@H](C)[C@@H]1C(=O)N[C@H](C2Cc3ccccc3C2)C(=O)N1[C@@H](C(=O)Nc1ccccc1O)c1coc(C)n1. The molecule has 3 amide bonds. The van der Waals surface area contributed by atoms with E-state index < -0.39 is 24.0 Å². The van der Waals surface area contributed by atoms with Crippen LogP contribution in [0.4, 0.5) is 5.69 Å². The van der Waals surface area contributed by atoms with Gasteiger partial charge in [0.15, 0.2) is 11.9 Å². The Bertz CT molecular complexity index is 1340. The van der Waals surface area contributed by atoms with Crippen molar-refractivity contribution in [3.63, 3.8) is 0 Å². The minimum absolute atomic E-state index is 0.112. The molecule has 2 aromatic carbocycles. The number of amides is 3.